The zero-order valence-electron chi connectivity index (χ0n) is 15.9. The van der Waals surface area contributed by atoms with E-state index >= 15 is 0 Å². The maximum atomic E-state index is 12.4. The molecule has 0 aliphatic heterocycles. The summed E-state index contributed by atoms with van der Waals surface area (Å²) in [5.74, 6) is 0.862. The van der Waals surface area contributed by atoms with Crippen molar-refractivity contribution >= 4 is 29.0 Å². The van der Waals surface area contributed by atoms with Gasteiger partial charge in [0.1, 0.15) is 0 Å². The molecule has 4 heteroatoms. The summed E-state index contributed by atoms with van der Waals surface area (Å²) in [6.45, 7) is 0.822. The summed E-state index contributed by atoms with van der Waals surface area (Å²) in [6.07, 6.45) is 8.67. The average Bonchev–Trinajstić information content (AvgIpc) is 2.70. The normalized spacial score (nSPS) is 21.9. The van der Waals surface area contributed by atoms with Gasteiger partial charge in [0, 0.05) is 18.2 Å². The van der Waals surface area contributed by atoms with Gasteiger partial charge in [-0.15, -0.1) is 0 Å². The van der Waals surface area contributed by atoms with Crippen LogP contribution in [0.2, 0.25) is 10.0 Å². The summed E-state index contributed by atoms with van der Waals surface area (Å²) >= 11 is 12.1. The summed E-state index contributed by atoms with van der Waals surface area (Å²) in [5, 5.41) is 4.87. The highest BCUT2D eigenvalue weighted by molar-refractivity contribution is 6.42. The highest BCUT2D eigenvalue weighted by Crippen LogP contribution is 2.33. The van der Waals surface area contributed by atoms with Gasteiger partial charge in [0.25, 0.3) is 0 Å². The summed E-state index contributed by atoms with van der Waals surface area (Å²) < 4.78 is 0. The second kappa shape index (κ2) is 8.82. The van der Waals surface area contributed by atoms with E-state index in [1.807, 2.05) is 42.5 Å². The molecule has 0 saturated heterocycles. The molecule has 28 heavy (non-hydrogen) atoms. The molecule has 1 N–H and O–H groups in total. The molecule has 2 aromatic rings. The number of allylic oxidation sites excluding steroid dienone is 2. The van der Waals surface area contributed by atoms with Crippen LogP contribution in [0.1, 0.15) is 53.6 Å². The SMILES string of the molecule is O=C1C=C(CC2CCC(NCc3ccc(Cl)c(Cl)c3)CC2)Cc2ccccc21. The number of hydrogen-bond acceptors (Lipinski definition) is 2. The van der Waals surface area contributed by atoms with Crippen LogP contribution < -0.4 is 5.32 Å². The summed E-state index contributed by atoms with van der Waals surface area (Å²) in [7, 11) is 0. The minimum Gasteiger partial charge on any atom is -0.310 e. The molecule has 0 aromatic heterocycles. The lowest BCUT2D eigenvalue weighted by atomic mass is 9.79. The number of rotatable bonds is 5. The number of ketones is 1. The minimum absolute atomic E-state index is 0.175. The molecule has 146 valence electrons. The van der Waals surface area contributed by atoms with Crippen molar-refractivity contribution in [3.63, 3.8) is 0 Å². The van der Waals surface area contributed by atoms with Gasteiger partial charge in [-0.25, -0.2) is 0 Å². The smallest absolute Gasteiger partial charge is 0.186 e. The molecule has 1 fully saturated rings. The number of hydrogen-bond donors (Lipinski definition) is 1. The first kappa shape index (κ1) is 19.7. The Balaban J connectivity index is 1.26. The zero-order valence-corrected chi connectivity index (χ0v) is 17.4. The Morgan fingerprint density at radius 1 is 0.964 bits per heavy atom. The Kier molecular flexibility index (Phi) is 6.20. The lowest BCUT2D eigenvalue weighted by Gasteiger charge is -2.30. The van der Waals surface area contributed by atoms with Crippen molar-refractivity contribution in [1.29, 1.82) is 0 Å². The minimum atomic E-state index is 0.175. The first-order valence-corrected chi connectivity index (χ1v) is 10.8. The maximum Gasteiger partial charge on any atom is 0.186 e. The fourth-order valence-corrected chi connectivity index (χ4v) is 4.78. The Labute approximate surface area is 176 Å². The Bertz CT molecular complexity index is 897. The summed E-state index contributed by atoms with van der Waals surface area (Å²) in [4.78, 5) is 12.4. The predicted molar refractivity (Wildman–Crippen MR) is 116 cm³/mol. The molecule has 1 saturated carbocycles. The molecule has 0 bridgehead atoms. The van der Waals surface area contributed by atoms with E-state index in [9.17, 15) is 4.79 Å². The van der Waals surface area contributed by atoms with Crippen LogP contribution in [0.5, 0.6) is 0 Å². The molecule has 4 rings (SSSR count). The highest BCUT2D eigenvalue weighted by Gasteiger charge is 2.24. The van der Waals surface area contributed by atoms with Crippen LogP contribution in [0.3, 0.4) is 0 Å². The molecule has 0 atom stereocenters. The molecule has 2 aromatic carbocycles. The van der Waals surface area contributed by atoms with Gasteiger partial charge in [-0.1, -0.05) is 59.1 Å². The van der Waals surface area contributed by atoms with Gasteiger partial charge in [-0.05, 0) is 73.8 Å². The number of nitrogens with one attached hydrogen (secondary N) is 1. The van der Waals surface area contributed by atoms with E-state index in [1.165, 1.54) is 42.4 Å². The van der Waals surface area contributed by atoms with Gasteiger partial charge in [-0.2, -0.15) is 0 Å². The Morgan fingerprint density at radius 2 is 1.75 bits per heavy atom. The average molecular weight is 414 g/mol. The second-order valence-electron chi connectivity index (χ2n) is 8.05. The highest BCUT2D eigenvalue weighted by atomic mass is 35.5. The monoisotopic (exact) mass is 413 g/mol. The third-order valence-corrected chi connectivity index (χ3v) is 6.75. The van der Waals surface area contributed by atoms with Gasteiger partial charge in [-0.3, -0.25) is 4.79 Å². The van der Waals surface area contributed by atoms with Crippen LogP contribution in [0.25, 0.3) is 0 Å². The molecule has 0 radical (unpaired) electrons. The Hall–Kier alpha value is -1.61. The second-order valence-corrected chi connectivity index (χ2v) is 8.87. The molecular formula is C24H25Cl2NO. The molecule has 2 nitrogen and oxygen atoms in total. The van der Waals surface area contributed by atoms with Crippen molar-refractivity contribution in [3.8, 4) is 0 Å². The number of fused-ring (bicyclic) bond motifs is 1. The number of carbonyl (C=O) groups excluding carboxylic acids is 1. The lowest BCUT2D eigenvalue weighted by molar-refractivity contribution is 0.104. The van der Waals surface area contributed by atoms with Crippen LogP contribution in [-0.2, 0) is 13.0 Å². The van der Waals surface area contributed by atoms with E-state index in [0.717, 1.165) is 24.9 Å². The van der Waals surface area contributed by atoms with Gasteiger partial charge in [0.2, 0.25) is 0 Å². The van der Waals surface area contributed by atoms with Crippen LogP contribution in [0.15, 0.2) is 54.1 Å². The first-order valence-electron chi connectivity index (χ1n) is 10.1. The Morgan fingerprint density at radius 3 is 2.54 bits per heavy atom. The van der Waals surface area contributed by atoms with Crippen molar-refractivity contribution in [3.05, 3.63) is 80.8 Å². The molecular weight excluding hydrogens is 389 g/mol. The quantitative estimate of drug-likeness (QED) is 0.614. The first-order chi connectivity index (χ1) is 13.6. The van der Waals surface area contributed by atoms with Crippen molar-refractivity contribution < 1.29 is 4.79 Å². The van der Waals surface area contributed by atoms with E-state index in [0.29, 0.717) is 22.0 Å². The van der Waals surface area contributed by atoms with E-state index in [4.69, 9.17) is 23.2 Å². The summed E-state index contributed by atoms with van der Waals surface area (Å²) in [6, 6.07) is 14.4. The molecule has 0 spiro atoms. The van der Waals surface area contributed by atoms with Gasteiger partial charge in [0.05, 0.1) is 10.0 Å². The van der Waals surface area contributed by atoms with E-state index < -0.39 is 0 Å². The maximum absolute atomic E-state index is 12.4. The molecule has 0 amide bonds. The topological polar surface area (TPSA) is 29.1 Å². The van der Waals surface area contributed by atoms with Crippen molar-refractivity contribution in [2.45, 2.75) is 51.1 Å². The largest absolute Gasteiger partial charge is 0.310 e. The third-order valence-electron chi connectivity index (χ3n) is 6.01. The summed E-state index contributed by atoms with van der Waals surface area (Å²) in [5.41, 5.74) is 4.53. The lowest BCUT2D eigenvalue weighted by Crippen LogP contribution is -2.33. The van der Waals surface area contributed by atoms with Gasteiger partial charge < -0.3 is 5.32 Å². The standard InChI is InChI=1S/C24H25Cl2NO/c25-22-10-7-17(13-23(22)26)15-27-20-8-5-16(6-9-20)11-18-12-19-3-1-2-4-21(19)24(28)14-18/h1-4,7,10,13-14,16,20,27H,5-6,8-9,11-12,15H2. The predicted octanol–water partition coefficient (Wildman–Crippen LogP) is 6.40. The van der Waals surface area contributed by atoms with Gasteiger partial charge in [0.15, 0.2) is 5.78 Å². The van der Waals surface area contributed by atoms with E-state index in [-0.39, 0.29) is 5.78 Å². The van der Waals surface area contributed by atoms with Crippen LogP contribution >= 0.6 is 23.2 Å². The molecule has 2 aliphatic carbocycles. The fourth-order valence-electron chi connectivity index (χ4n) is 4.46. The van der Waals surface area contributed by atoms with Crippen molar-refractivity contribution in [2.75, 3.05) is 0 Å². The van der Waals surface area contributed by atoms with Crippen LogP contribution in [0, 0.1) is 5.92 Å². The van der Waals surface area contributed by atoms with E-state index in [2.05, 4.69) is 11.4 Å². The number of carbonyl (C=O) groups is 1. The molecule has 2 aliphatic rings. The van der Waals surface area contributed by atoms with Crippen LogP contribution in [0.4, 0.5) is 0 Å². The van der Waals surface area contributed by atoms with Crippen molar-refractivity contribution in [1.82, 2.24) is 5.32 Å². The molecule has 0 heterocycles. The number of benzene rings is 2. The fraction of sp³-hybridized carbons (Fsp3) is 0.375. The molecule has 0 unspecified atom stereocenters. The van der Waals surface area contributed by atoms with E-state index in [1.54, 1.807) is 0 Å². The van der Waals surface area contributed by atoms with Gasteiger partial charge >= 0.3 is 0 Å². The number of halogens is 2. The third kappa shape index (κ3) is 4.68. The van der Waals surface area contributed by atoms with Crippen LogP contribution in [-0.4, -0.2) is 11.8 Å². The van der Waals surface area contributed by atoms with Crippen molar-refractivity contribution in [2.24, 2.45) is 5.92 Å². The zero-order chi connectivity index (χ0) is 19.5.